The van der Waals surface area contributed by atoms with Crippen LogP contribution in [0.2, 0.25) is 0 Å². The predicted molar refractivity (Wildman–Crippen MR) is 104 cm³/mol. The molecule has 0 aliphatic rings. The number of nitrogens with two attached hydrogens (primary N) is 1. The highest BCUT2D eigenvalue weighted by molar-refractivity contribution is 5.89. The number of nitrogens with one attached hydrogen (secondary N) is 3. The van der Waals surface area contributed by atoms with E-state index < -0.39 is 6.03 Å². The van der Waals surface area contributed by atoms with Gasteiger partial charge < -0.3 is 15.8 Å². The first-order valence-corrected chi connectivity index (χ1v) is 8.29. The number of aryl methyl sites for hydroxylation is 1. The molecule has 8 heteroatoms. The quantitative estimate of drug-likeness (QED) is 0.500. The van der Waals surface area contributed by atoms with Crippen LogP contribution in [0.4, 0.5) is 22.2 Å². The molecule has 0 radical (unpaired) electrons. The SMILES string of the molecule is Cc1cc(NNC(=O)Nc2ccc(OCc3ccccc3)cc2)nc(N)n1. The van der Waals surface area contributed by atoms with Crippen LogP contribution >= 0.6 is 0 Å². The minimum absolute atomic E-state index is 0.130. The highest BCUT2D eigenvalue weighted by Gasteiger charge is 2.04. The van der Waals surface area contributed by atoms with E-state index in [0.29, 0.717) is 23.8 Å². The Bertz CT molecular complexity index is 880. The van der Waals surface area contributed by atoms with E-state index in [1.807, 2.05) is 30.3 Å². The third kappa shape index (κ3) is 5.60. The molecule has 0 aliphatic carbocycles. The molecule has 0 atom stereocenters. The Labute approximate surface area is 156 Å². The summed E-state index contributed by atoms with van der Waals surface area (Å²) in [5.41, 5.74) is 13.1. The third-order valence-electron chi connectivity index (χ3n) is 3.54. The second kappa shape index (κ2) is 8.52. The van der Waals surface area contributed by atoms with Crippen molar-refractivity contribution < 1.29 is 9.53 Å². The van der Waals surface area contributed by atoms with Gasteiger partial charge in [-0.1, -0.05) is 30.3 Å². The number of carbonyl (C=O) groups excluding carboxylic acids is 1. The molecule has 1 heterocycles. The van der Waals surface area contributed by atoms with Crippen molar-refractivity contribution in [2.24, 2.45) is 0 Å². The van der Waals surface area contributed by atoms with Crippen molar-refractivity contribution in [3.63, 3.8) is 0 Å². The van der Waals surface area contributed by atoms with Crippen LogP contribution < -0.4 is 26.6 Å². The normalized spacial score (nSPS) is 10.1. The van der Waals surface area contributed by atoms with Crippen LogP contribution in [0.1, 0.15) is 11.3 Å². The first-order chi connectivity index (χ1) is 13.1. The summed E-state index contributed by atoms with van der Waals surface area (Å²) in [6.07, 6.45) is 0. The van der Waals surface area contributed by atoms with Crippen molar-refractivity contribution in [3.05, 3.63) is 71.9 Å². The molecule has 0 bridgehead atoms. The summed E-state index contributed by atoms with van der Waals surface area (Å²) in [5.74, 6) is 1.25. The fourth-order valence-electron chi connectivity index (χ4n) is 2.31. The van der Waals surface area contributed by atoms with E-state index in [9.17, 15) is 4.79 Å². The van der Waals surface area contributed by atoms with Crippen LogP contribution in [0.15, 0.2) is 60.7 Å². The van der Waals surface area contributed by atoms with Gasteiger partial charge in [0.25, 0.3) is 0 Å². The van der Waals surface area contributed by atoms with Gasteiger partial charge in [0.05, 0.1) is 0 Å². The van der Waals surface area contributed by atoms with Crippen molar-refractivity contribution in [1.82, 2.24) is 15.4 Å². The number of carbonyl (C=O) groups is 1. The zero-order chi connectivity index (χ0) is 19.1. The van der Waals surface area contributed by atoms with E-state index in [-0.39, 0.29) is 5.95 Å². The molecule has 3 rings (SSSR count). The average Bonchev–Trinajstić information content (AvgIpc) is 2.66. The zero-order valence-electron chi connectivity index (χ0n) is 14.8. The lowest BCUT2D eigenvalue weighted by molar-refractivity contribution is 0.254. The summed E-state index contributed by atoms with van der Waals surface area (Å²) in [5, 5.41) is 2.70. The fourth-order valence-corrected chi connectivity index (χ4v) is 2.31. The summed E-state index contributed by atoms with van der Waals surface area (Å²) in [6.45, 7) is 2.27. The number of benzene rings is 2. The van der Waals surface area contributed by atoms with E-state index in [1.165, 1.54) is 0 Å². The van der Waals surface area contributed by atoms with Crippen LogP contribution in [0.3, 0.4) is 0 Å². The Morgan fingerprint density at radius 2 is 1.81 bits per heavy atom. The van der Waals surface area contributed by atoms with Gasteiger partial charge in [0.1, 0.15) is 18.2 Å². The monoisotopic (exact) mass is 364 g/mol. The van der Waals surface area contributed by atoms with Crippen molar-refractivity contribution in [3.8, 4) is 5.75 Å². The van der Waals surface area contributed by atoms with Gasteiger partial charge in [-0.15, -0.1) is 0 Å². The summed E-state index contributed by atoms with van der Waals surface area (Å²) >= 11 is 0. The largest absolute Gasteiger partial charge is 0.489 e. The van der Waals surface area contributed by atoms with Gasteiger partial charge in [0.15, 0.2) is 0 Å². The molecular weight excluding hydrogens is 344 g/mol. The topological polar surface area (TPSA) is 114 Å². The number of urea groups is 1. The van der Waals surface area contributed by atoms with Crippen LogP contribution in [-0.4, -0.2) is 16.0 Å². The number of anilines is 3. The Hall–Kier alpha value is -3.81. The van der Waals surface area contributed by atoms with Gasteiger partial charge in [0.2, 0.25) is 5.95 Å². The fraction of sp³-hybridized carbons (Fsp3) is 0.105. The molecule has 2 aromatic carbocycles. The summed E-state index contributed by atoms with van der Waals surface area (Å²) < 4.78 is 5.71. The number of nitrogen functional groups attached to an aromatic ring is 1. The van der Waals surface area contributed by atoms with Crippen LogP contribution in [0.25, 0.3) is 0 Å². The van der Waals surface area contributed by atoms with Gasteiger partial charge in [-0.2, -0.15) is 4.98 Å². The van der Waals surface area contributed by atoms with E-state index >= 15 is 0 Å². The van der Waals surface area contributed by atoms with Gasteiger partial charge in [-0.05, 0) is 36.8 Å². The molecule has 0 saturated carbocycles. The molecule has 138 valence electrons. The van der Waals surface area contributed by atoms with Crippen molar-refractivity contribution >= 4 is 23.5 Å². The number of hydrazine groups is 1. The molecule has 3 aromatic rings. The number of amides is 2. The Kier molecular flexibility index (Phi) is 5.68. The number of aromatic nitrogens is 2. The molecule has 0 saturated heterocycles. The number of nitrogens with zero attached hydrogens (tertiary/aromatic N) is 2. The Morgan fingerprint density at radius 1 is 1.07 bits per heavy atom. The number of hydrogen-bond acceptors (Lipinski definition) is 6. The lowest BCUT2D eigenvalue weighted by Crippen LogP contribution is -2.34. The molecular formula is C19H20N6O2. The molecule has 8 nitrogen and oxygen atoms in total. The standard InChI is InChI=1S/C19H20N6O2/c1-13-11-17(23-18(20)21-13)24-25-19(26)22-15-7-9-16(10-8-15)27-12-14-5-3-2-4-6-14/h2-11H,12H2,1H3,(H2,22,25,26)(H3,20,21,23,24). The highest BCUT2D eigenvalue weighted by atomic mass is 16.5. The number of ether oxygens (including phenoxy) is 1. The lowest BCUT2D eigenvalue weighted by atomic mass is 10.2. The molecule has 2 amide bonds. The number of rotatable bonds is 6. The van der Waals surface area contributed by atoms with E-state index in [4.69, 9.17) is 10.5 Å². The van der Waals surface area contributed by atoms with Gasteiger partial charge >= 0.3 is 6.03 Å². The lowest BCUT2D eigenvalue weighted by Gasteiger charge is -2.11. The zero-order valence-corrected chi connectivity index (χ0v) is 14.8. The van der Waals surface area contributed by atoms with Crippen molar-refractivity contribution in [1.29, 1.82) is 0 Å². The summed E-state index contributed by atoms with van der Waals surface area (Å²) in [6, 6.07) is 18.2. The highest BCUT2D eigenvalue weighted by Crippen LogP contribution is 2.17. The molecule has 0 spiro atoms. The van der Waals surface area contributed by atoms with Crippen LogP contribution in [0.5, 0.6) is 5.75 Å². The Morgan fingerprint density at radius 3 is 2.52 bits per heavy atom. The smallest absolute Gasteiger partial charge is 0.337 e. The molecule has 0 fully saturated rings. The number of hydrogen-bond donors (Lipinski definition) is 4. The minimum atomic E-state index is -0.442. The van der Waals surface area contributed by atoms with Gasteiger partial charge in [0, 0.05) is 17.4 Å². The maximum atomic E-state index is 12.0. The second-order valence-electron chi connectivity index (χ2n) is 5.76. The van der Waals surface area contributed by atoms with Gasteiger partial charge in [-0.25, -0.2) is 9.78 Å². The molecule has 0 unspecified atom stereocenters. The van der Waals surface area contributed by atoms with Crippen LogP contribution in [-0.2, 0) is 6.61 Å². The molecule has 1 aromatic heterocycles. The van der Waals surface area contributed by atoms with Crippen molar-refractivity contribution in [2.75, 3.05) is 16.5 Å². The average molecular weight is 364 g/mol. The van der Waals surface area contributed by atoms with Gasteiger partial charge in [-0.3, -0.25) is 10.9 Å². The second-order valence-corrected chi connectivity index (χ2v) is 5.76. The van der Waals surface area contributed by atoms with E-state index in [1.54, 1.807) is 37.3 Å². The molecule has 27 heavy (non-hydrogen) atoms. The summed E-state index contributed by atoms with van der Waals surface area (Å²) in [4.78, 5) is 19.9. The van der Waals surface area contributed by atoms with E-state index in [0.717, 1.165) is 11.3 Å². The summed E-state index contributed by atoms with van der Waals surface area (Å²) in [7, 11) is 0. The predicted octanol–water partition coefficient (Wildman–Crippen LogP) is 3.09. The third-order valence-corrected chi connectivity index (χ3v) is 3.54. The maximum absolute atomic E-state index is 12.0. The molecule has 5 N–H and O–H groups in total. The first-order valence-electron chi connectivity index (χ1n) is 8.29. The minimum Gasteiger partial charge on any atom is -0.489 e. The van der Waals surface area contributed by atoms with Crippen molar-refractivity contribution in [2.45, 2.75) is 13.5 Å². The van der Waals surface area contributed by atoms with E-state index in [2.05, 4.69) is 26.1 Å². The molecule has 0 aliphatic heterocycles. The van der Waals surface area contributed by atoms with Crippen LogP contribution in [0, 0.1) is 6.92 Å². The Balaban J connectivity index is 1.48. The first kappa shape index (κ1) is 18.0. The maximum Gasteiger partial charge on any atom is 0.337 e.